The molecule has 2 rings (SSSR count). The number of hydrogen-bond acceptors (Lipinski definition) is 3. The fourth-order valence-corrected chi connectivity index (χ4v) is 3.04. The lowest BCUT2D eigenvalue weighted by Crippen LogP contribution is -2.50. The van der Waals surface area contributed by atoms with Gasteiger partial charge in [0.05, 0.1) is 5.02 Å². The molecule has 1 N–H and O–H groups in total. The van der Waals surface area contributed by atoms with Crippen molar-refractivity contribution in [3.63, 3.8) is 0 Å². The first kappa shape index (κ1) is 20.8. The largest absolute Gasteiger partial charge is 0.482 e. The Morgan fingerprint density at radius 3 is 2.41 bits per heavy atom. The van der Waals surface area contributed by atoms with Gasteiger partial charge in [0, 0.05) is 13.6 Å². The highest BCUT2D eigenvalue weighted by molar-refractivity contribution is 6.32. The summed E-state index contributed by atoms with van der Waals surface area (Å²) in [6, 6.07) is 16.3. The number of ether oxygens (including phenoxy) is 1. The number of carbonyl (C=O) groups excluding carboxylic acids is 2. The first-order chi connectivity index (χ1) is 13.1. The van der Waals surface area contributed by atoms with Crippen molar-refractivity contribution >= 4 is 23.4 Å². The van der Waals surface area contributed by atoms with Gasteiger partial charge in [-0.1, -0.05) is 61.0 Å². The standard InChI is InChI=1S/C21H25ClN2O3/c1-3-18(21(26)23-2)24(14-13-16-9-5-4-6-10-16)20(25)15-27-19-12-8-7-11-17(19)22/h4-12,18H,3,13-15H2,1-2H3,(H,23,26). The fraction of sp³-hybridized carbons (Fsp3) is 0.333. The number of carbonyl (C=O) groups is 2. The summed E-state index contributed by atoms with van der Waals surface area (Å²) in [7, 11) is 1.57. The van der Waals surface area contributed by atoms with Crippen molar-refractivity contribution in [2.75, 3.05) is 20.2 Å². The summed E-state index contributed by atoms with van der Waals surface area (Å²) in [4.78, 5) is 26.7. The Kier molecular flexibility index (Phi) is 8.14. The molecule has 0 radical (unpaired) electrons. The molecule has 144 valence electrons. The molecule has 6 heteroatoms. The Labute approximate surface area is 165 Å². The Morgan fingerprint density at radius 2 is 1.78 bits per heavy atom. The van der Waals surface area contributed by atoms with Gasteiger partial charge in [0.15, 0.2) is 6.61 Å². The first-order valence-corrected chi connectivity index (χ1v) is 9.37. The molecule has 0 aliphatic carbocycles. The Bertz CT molecular complexity index is 752. The van der Waals surface area contributed by atoms with Crippen LogP contribution in [0.1, 0.15) is 18.9 Å². The van der Waals surface area contributed by atoms with Crippen molar-refractivity contribution in [3.8, 4) is 5.75 Å². The molecule has 0 saturated heterocycles. The number of hydrogen-bond donors (Lipinski definition) is 1. The number of rotatable bonds is 9. The van der Waals surface area contributed by atoms with Gasteiger partial charge in [-0.2, -0.15) is 0 Å². The van der Waals surface area contributed by atoms with Crippen LogP contribution < -0.4 is 10.1 Å². The van der Waals surface area contributed by atoms with E-state index in [2.05, 4.69) is 5.32 Å². The Balaban J connectivity index is 2.10. The summed E-state index contributed by atoms with van der Waals surface area (Å²) >= 11 is 6.08. The van der Waals surface area contributed by atoms with Crippen LogP contribution in [0.2, 0.25) is 5.02 Å². The lowest BCUT2D eigenvalue weighted by Gasteiger charge is -2.30. The molecule has 0 aromatic heterocycles. The molecule has 0 spiro atoms. The highest BCUT2D eigenvalue weighted by Crippen LogP contribution is 2.23. The topological polar surface area (TPSA) is 58.6 Å². The SMILES string of the molecule is CCC(C(=O)NC)N(CCc1ccccc1)C(=O)COc1ccccc1Cl. The monoisotopic (exact) mass is 388 g/mol. The maximum atomic E-state index is 12.8. The summed E-state index contributed by atoms with van der Waals surface area (Å²) in [6.07, 6.45) is 1.18. The van der Waals surface area contributed by atoms with Crippen molar-refractivity contribution < 1.29 is 14.3 Å². The van der Waals surface area contributed by atoms with E-state index in [1.807, 2.05) is 37.3 Å². The molecule has 2 amide bonds. The molecule has 0 aliphatic rings. The van der Waals surface area contributed by atoms with E-state index in [1.54, 1.807) is 36.2 Å². The average molecular weight is 389 g/mol. The first-order valence-electron chi connectivity index (χ1n) is 8.99. The zero-order chi connectivity index (χ0) is 19.6. The van der Waals surface area contributed by atoms with Crippen molar-refractivity contribution in [1.29, 1.82) is 0 Å². The summed E-state index contributed by atoms with van der Waals surface area (Å²) in [6.45, 7) is 2.14. The van der Waals surface area contributed by atoms with E-state index < -0.39 is 6.04 Å². The second-order valence-electron chi connectivity index (χ2n) is 6.08. The predicted octanol–water partition coefficient (Wildman–Crippen LogP) is 3.31. The lowest BCUT2D eigenvalue weighted by atomic mass is 10.1. The third-order valence-electron chi connectivity index (χ3n) is 4.30. The number of halogens is 1. The summed E-state index contributed by atoms with van der Waals surface area (Å²) < 4.78 is 5.58. The lowest BCUT2D eigenvalue weighted by molar-refractivity contribution is -0.142. The van der Waals surface area contributed by atoms with Gasteiger partial charge in [0.1, 0.15) is 11.8 Å². The summed E-state index contributed by atoms with van der Waals surface area (Å²) in [5.41, 5.74) is 1.11. The van der Waals surface area contributed by atoms with E-state index in [0.717, 1.165) is 5.56 Å². The summed E-state index contributed by atoms with van der Waals surface area (Å²) in [5.74, 6) is 0.0153. The van der Waals surface area contributed by atoms with Gasteiger partial charge < -0.3 is 15.0 Å². The minimum absolute atomic E-state index is 0.175. The van der Waals surface area contributed by atoms with Crippen LogP contribution in [0.4, 0.5) is 0 Å². The molecule has 0 saturated carbocycles. The second-order valence-corrected chi connectivity index (χ2v) is 6.49. The third-order valence-corrected chi connectivity index (χ3v) is 4.62. The molecule has 1 atom stereocenters. The molecular weight excluding hydrogens is 364 g/mol. The fourth-order valence-electron chi connectivity index (χ4n) is 2.85. The molecule has 2 aromatic carbocycles. The number of benzene rings is 2. The van der Waals surface area contributed by atoms with E-state index in [0.29, 0.717) is 30.2 Å². The number of amides is 2. The molecule has 0 heterocycles. The van der Waals surface area contributed by atoms with Crippen LogP contribution in [0.15, 0.2) is 54.6 Å². The smallest absolute Gasteiger partial charge is 0.261 e. The van der Waals surface area contributed by atoms with Crippen LogP contribution in [0.25, 0.3) is 0 Å². The molecular formula is C21H25ClN2O3. The van der Waals surface area contributed by atoms with Crippen molar-refractivity contribution in [2.24, 2.45) is 0 Å². The molecule has 5 nitrogen and oxygen atoms in total. The second kappa shape index (κ2) is 10.6. The minimum Gasteiger partial charge on any atom is -0.482 e. The van der Waals surface area contributed by atoms with E-state index in [4.69, 9.17) is 16.3 Å². The predicted molar refractivity (Wildman–Crippen MR) is 107 cm³/mol. The minimum atomic E-state index is -0.541. The van der Waals surface area contributed by atoms with Crippen molar-refractivity contribution in [2.45, 2.75) is 25.8 Å². The molecule has 0 aliphatic heterocycles. The van der Waals surface area contributed by atoms with Gasteiger partial charge in [0.2, 0.25) is 5.91 Å². The van der Waals surface area contributed by atoms with E-state index in [9.17, 15) is 9.59 Å². The van der Waals surface area contributed by atoms with E-state index >= 15 is 0 Å². The van der Waals surface area contributed by atoms with E-state index in [1.165, 1.54) is 0 Å². The van der Waals surface area contributed by atoms with Crippen LogP contribution in [0, 0.1) is 0 Å². The van der Waals surface area contributed by atoms with Gasteiger partial charge >= 0.3 is 0 Å². The van der Waals surface area contributed by atoms with Gasteiger partial charge in [-0.15, -0.1) is 0 Å². The van der Waals surface area contributed by atoms with Crippen molar-refractivity contribution in [3.05, 3.63) is 65.2 Å². The van der Waals surface area contributed by atoms with Crippen LogP contribution in [-0.2, 0) is 16.0 Å². The molecule has 0 bridgehead atoms. The van der Waals surface area contributed by atoms with Crippen LogP contribution in [0.5, 0.6) is 5.75 Å². The molecule has 27 heavy (non-hydrogen) atoms. The van der Waals surface area contributed by atoms with E-state index in [-0.39, 0.29) is 18.4 Å². The average Bonchev–Trinajstić information content (AvgIpc) is 2.70. The normalized spacial score (nSPS) is 11.5. The van der Waals surface area contributed by atoms with Gasteiger partial charge in [-0.3, -0.25) is 9.59 Å². The number of likely N-dealkylation sites (N-methyl/N-ethyl adjacent to an activating group) is 1. The third kappa shape index (κ3) is 6.00. The van der Waals surface area contributed by atoms with Crippen LogP contribution in [0.3, 0.4) is 0 Å². The number of para-hydroxylation sites is 1. The highest BCUT2D eigenvalue weighted by Gasteiger charge is 2.27. The molecule has 1 unspecified atom stereocenters. The highest BCUT2D eigenvalue weighted by atomic mass is 35.5. The quantitative estimate of drug-likeness (QED) is 0.716. The van der Waals surface area contributed by atoms with Gasteiger partial charge in [-0.25, -0.2) is 0 Å². The Morgan fingerprint density at radius 1 is 1.11 bits per heavy atom. The van der Waals surface area contributed by atoms with Crippen LogP contribution >= 0.6 is 11.6 Å². The van der Waals surface area contributed by atoms with Gasteiger partial charge in [0.25, 0.3) is 5.91 Å². The Hall–Kier alpha value is -2.53. The molecule has 2 aromatic rings. The maximum absolute atomic E-state index is 12.8. The summed E-state index contributed by atoms with van der Waals surface area (Å²) in [5, 5.41) is 3.08. The number of nitrogens with zero attached hydrogens (tertiary/aromatic N) is 1. The van der Waals surface area contributed by atoms with Gasteiger partial charge in [-0.05, 0) is 30.5 Å². The zero-order valence-corrected chi connectivity index (χ0v) is 16.4. The van der Waals surface area contributed by atoms with Crippen molar-refractivity contribution in [1.82, 2.24) is 10.2 Å². The maximum Gasteiger partial charge on any atom is 0.261 e. The van der Waals surface area contributed by atoms with Crippen LogP contribution in [-0.4, -0.2) is 43.0 Å². The zero-order valence-electron chi connectivity index (χ0n) is 15.7. The molecule has 0 fully saturated rings. The number of nitrogens with one attached hydrogen (secondary N) is 1.